The number of hydrogen-bond acceptors (Lipinski definition) is 5. The number of nitrogens with zero attached hydrogens (tertiary/aromatic N) is 4. The lowest BCUT2D eigenvalue weighted by atomic mass is 9.95. The van der Waals surface area contributed by atoms with Crippen molar-refractivity contribution in [3.8, 4) is 22.8 Å². The Kier molecular flexibility index (Phi) is 6.96. The fourth-order valence-electron chi connectivity index (χ4n) is 3.77. The Morgan fingerprint density at radius 1 is 1.03 bits per heavy atom. The summed E-state index contributed by atoms with van der Waals surface area (Å²) in [5.74, 6) is 1.06. The van der Waals surface area contributed by atoms with Crippen LogP contribution in [0.4, 0.5) is 4.39 Å². The van der Waals surface area contributed by atoms with Crippen LogP contribution in [0.2, 0.25) is 5.02 Å². The number of aromatic nitrogens is 4. The Morgan fingerprint density at radius 3 is 2.39 bits per heavy atom. The van der Waals surface area contributed by atoms with Crippen LogP contribution in [0.25, 0.3) is 16.9 Å². The first-order valence-electron chi connectivity index (χ1n) is 11.6. The van der Waals surface area contributed by atoms with Gasteiger partial charge in [-0.15, -0.1) is 0 Å². The topological polar surface area (TPSA) is 69.9 Å². The van der Waals surface area contributed by atoms with Crippen molar-refractivity contribution in [2.45, 2.75) is 53.6 Å². The first kappa shape index (κ1) is 25.5. The monoisotopic (exact) mass is 506 g/mol. The minimum Gasteiger partial charge on any atom is -0.472 e. The molecule has 4 aromatic rings. The van der Waals surface area contributed by atoms with Crippen molar-refractivity contribution < 1.29 is 9.13 Å². The second-order valence-corrected chi connectivity index (χ2v) is 10.2. The van der Waals surface area contributed by atoms with Gasteiger partial charge >= 0.3 is 0 Å². The summed E-state index contributed by atoms with van der Waals surface area (Å²) in [6, 6.07) is 11.5. The zero-order valence-corrected chi connectivity index (χ0v) is 21.9. The molecule has 8 heteroatoms. The highest BCUT2D eigenvalue weighted by atomic mass is 35.5. The molecule has 2 aromatic heterocycles. The summed E-state index contributed by atoms with van der Waals surface area (Å²) in [5, 5.41) is 0.410. The van der Waals surface area contributed by atoms with Crippen LogP contribution in [-0.2, 0) is 12.0 Å². The Hall–Kier alpha value is -3.58. The third-order valence-corrected chi connectivity index (χ3v) is 6.14. The van der Waals surface area contributed by atoms with Gasteiger partial charge in [0.25, 0.3) is 5.56 Å². The molecule has 36 heavy (non-hydrogen) atoms. The lowest BCUT2D eigenvalue weighted by Gasteiger charge is -2.19. The van der Waals surface area contributed by atoms with Crippen LogP contribution < -0.4 is 10.3 Å². The van der Waals surface area contributed by atoms with Crippen LogP contribution in [0, 0.1) is 26.6 Å². The maximum absolute atomic E-state index is 13.4. The van der Waals surface area contributed by atoms with Gasteiger partial charge in [-0.05, 0) is 56.2 Å². The molecule has 4 rings (SSSR count). The van der Waals surface area contributed by atoms with Gasteiger partial charge in [0.05, 0.1) is 22.0 Å². The average Bonchev–Trinajstić information content (AvgIpc) is 2.82. The van der Waals surface area contributed by atoms with E-state index in [1.165, 1.54) is 16.7 Å². The minimum absolute atomic E-state index is 0.163. The van der Waals surface area contributed by atoms with E-state index in [1.807, 2.05) is 25.3 Å². The minimum atomic E-state index is -0.322. The molecule has 0 fully saturated rings. The summed E-state index contributed by atoms with van der Waals surface area (Å²) in [6.45, 7) is 11.7. The van der Waals surface area contributed by atoms with E-state index in [2.05, 4.69) is 30.7 Å². The Bertz CT molecular complexity index is 1490. The molecule has 0 aliphatic heterocycles. The second-order valence-electron chi connectivity index (χ2n) is 9.79. The van der Waals surface area contributed by atoms with Gasteiger partial charge in [0.2, 0.25) is 5.88 Å². The van der Waals surface area contributed by atoms with Gasteiger partial charge in [-0.1, -0.05) is 50.6 Å². The van der Waals surface area contributed by atoms with Crippen molar-refractivity contribution in [3.05, 3.63) is 98.2 Å². The molecule has 2 aromatic carbocycles. The lowest BCUT2D eigenvalue weighted by molar-refractivity contribution is 0.289. The molecule has 0 saturated carbocycles. The van der Waals surface area contributed by atoms with Crippen molar-refractivity contribution in [1.29, 1.82) is 0 Å². The number of rotatable bonds is 5. The third-order valence-electron chi connectivity index (χ3n) is 5.82. The average molecular weight is 507 g/mol. The van der Waals surface area contributed by atoms with Gasteiger partial charge in [0.1, 0.15) is 24.1 Å². The lowest BCUT2D eigenvalue weighted by Crippen LogP contribution is -2.25. The number of hydrogen-bond donors (Lipinski definition) is 0. The van der Waals surface area contributed by atoms with Crippen molar-refractivity contribution in [3.63, 3.8) is 0 Å². The first-order valence-corrected chi connectivity index (χ1v) is 12.0. The van der Waals surface area contributed by atoms with E-state index in [0.29, 0.717) is 22.1 Å². The standard InChI is InChI=1S/C28H28ClFN4O2/c1-16-14-31-27(28(4,5)6)33-24(16)20-9-12-22(29)23(13-20)34-18(3)32-25(17(2)26(34)35)36-15-19-7-10-21(30)11-8-19/h7-14H,15H2,1-6H3. The quantitative estimate of drug-likeness (QED) is 0.318. The van der Waals surface area contributed by atoms with E-state index < -0.39 is 0 Å². The first-order chi connectivity index (χ1) is 17.0. The SMILES string of the molecule is Cc1cnc(C(C)(C)C)nc1-c1ccc(Cl)c(-n2c(C)nc(OCc3ccc(F)cc3)c(C)c2=O)c1. The van der Waals surface area contributed by atoms with Gasteiger partial charge in [0, 0.05) is 17.2 Å². The van der Waals surface area contributed by atoms with Crippen molar-refractivity contribution in [2.24, 2.45) is 0 Å². The summed E-state index contributed by atoms with van der Waals surface area (Å²) >= 11 is 6.57. The molecule has 0 radical (unpaired) electrons. The Balaban J connectivity index is 1.75. The van der Waals surface area contributed by atoms with E-state index in [0.717, 1.165) is 28.2 Å². The summed E-state index contributed by atoms with van der Waals surface area (Å²) in [4.78, 5) is 27.3. The fourth-order valence-corrected chi connectivity index (χ4v) is 3.97. The number of ether oxygens (including phenoxy) is 1. The third kappa shape index (κ3) is 5.16. The molecule has 0 unspecified atom stereocenters. The zero-order valence-electron chi connectivity index (χ0n) is 21.2. The van der Waals surface area contributed by atoms with Crippen LogP contribution in [0.15, 0.2) is 53.5 Å². The molecule has 0 spiro atoms. The molecule has 2 heterocycles. The Morgan fingerprint density at radius 2 is 1.72 bits per heavy atom. The molecule has 0 aliphatic rings. The van der Waals surface area contributed by atoms with E-state index in [1.54, 1.807) is 32.0 Å². The van der Waals surface area contributed by atoms with E-state index in [4.69, 9.17) is 21.3 Å². The van der Waals surface area contributed by atoms with E-state index in [-0.39, 0.29) is 29.3 Å². The highest BCUT2D eigenvalue weighted by Gasteiger charge is 2.21. The second kappa shape index (κ2) is 9.82. The maximum atomic E-state index is 13.4. The summed E-state index contributed by atoms with van der Waals surface area (Å²) in [6.07, 6.45) is 1.81. The van der Waals surface area contributed by atoms with E-state index >= 15 is 0 Å². The normalized spacial score (nSPS) is 11.6. The van der Waals surface area contributed by atoms with Gasteiger partial charge in [0.15, 0.2) is 0 Å². The van der Waals surface area contributed by atoms with Gasteiger partial charge in [-0.3, -0.25) is 9.36 Å². The number of aryl methyl sites for hydroxylation is 2. The van der Waals surface area contributed by atoms with Crippen LogP contribution in [0.1, 0.15) is 49.1 Å². The van der Waals surface area contributed by atoms with Crippen LogP contribution in [0.3, 0.4) is 0 Å². The maximum Gasteiger partial charge on any atom is 0.264 e. The van der Waals surface area contributed by atoms with Crippen molar-refractivity contribution >= 4 is 11.6 Å². The number of benzene rings is 2. The number of halogens is 2. The zero-order chi connectivity index (χ0) is 26.2. The predicted molar refractivity (Wildman–Crippen MR) is 140 cm³/mol. The highest BCUT2D eigenvalue weighted by molar-refractivity contribution is 6.32. The molecule has 0 aliphatic carbocycles. The van der Waals surface area contributed by atoms with Crippen LogP contribution >= 0.6 is 11.6 Å². The fraction of sp³-hybridized carbons (Fsp3) is 0.286. The molecular formula is C28H28ClFN4O2. The van der Waals surface area contributed by atoms with E-state index in [9.17, 15) is 9.18 Å². The van der Waals surface area contributed by atoms with Crippen LogP contribution in [0.5, 0.6) is 5.88 Å². The summed E-state index contributed by atoms with van der Waals surface area (Å²) in [7, 11) is 0. The summed E-state index contributed by atoms with van der Waals surface area (Å²) in [5.41, 5.74) is 3.64. The van der Waals surface area contributed by atoms with Gasteiger partial charge in [-0.25, -0.2) is 14.4 Å². The van der Waals surface area contributed by atoms with Crippen molar-refractivity contribution in [2.75, 3.05) is 0 Å². The molecule has 6 nitrogen and oxygen atoms in total. The highest BCUT2D eigenvalue weighted by Crippen LogP contribution is 2.30. The van der Waals surface area contributed by atoms with Crippen LogP contribution in [-0.4, -0.2) is 19.5 Å². The van der Waals surface area contributed by atoms with Crippen molar-refractivity contribution in [1.82, 2.24) is 19.5 Å². The predicted octanol–water partition coefficient (Wildman–Crippen LogP) is 6.28. The molecule has 0 atom stereocenters. The summed E-state index contributed by atoms with van der Waals surface area (Å²) < 4.78 is 20.5. The molecule has 0 bridgehead atoms. The molecule has 186 valence electrons. The molecule has 0 N–H and O–H groups in total. The smallest absolute Gasteiger partial charge is 0.264 e. The van der Waals surface area contributed by atoms with Gasteiger partial charge < -0.3 is 4.74 Å². The molecule has 0 amide bonds. The Labute approximate surface area is 214 Å². The van der Waals surface area contributed by atoms with Gasteiger partial charge in [-0.2, -0.15) is 4.98 Å². The molecular weight excluding hydrogens is 479 g/mol. The molecule has 0 saturated heterocycles. The largest absolute Gasteiger partial charge is 0.472 e.